The molecule has 0 unspecified atom stereocenters. The van der Waals surface area contributed by atoms with E-state index in [0.717, 1.165) is 22.3 Å². The van der Waals surface area contributed by atoms with Crippen LogP contribution in [0.4, 0.5) is 0 Å². The smallest absolute Gasteiger partial charge is 0.296 e. The van der Waals surface area contributed by atoms with Crippen molar-refractivity contribution in [2.24, 2.45) is 0 Å². The number of fused-ring (bicyclic) bond motifs is 1. The number of aromatic nitrogens is 5. The van der Waals surface area contributed by atoms with E-state index in [0.29, 0.717) is 29.7 Å². The van der Waals surface area contributed by atoms with Gasteiger partial charge >= 0.3 is 0 Å². The van der Waals surface area contributed by atoms with Crippen LogP contribution in [0.1, 0.15) is 13.9 Å². The average Bonchev–Trinajstić information content (AvgIpc) is 3.19. The summed E-state index contributed by atoms with van der Waals surface area (Å²) in [5.41, 5.74) is 4.64. The third kappa shape index (κ3) is 2.40. The molecule has 0 aliphatic rings. The van der Waals surface area contributed by atoms with E-state index in [1.54, 1.807) is 12.5 Å². The molecule has 0 aromatic carbocycles. The van der Waals surface area contributed by atoms with E-state index >= 15 is 0 Å². The molecule has 0 fully saturated rings. The van der Waals surface area contributed by atoms with Crippen LogP contribution in [0.3, 0.4) is 0 Å². The summed E-state index contributed by atoms with van der Waals surface area (Å²) < 4.78 is 11.1. The zero-order chi connectivity index (χ0) is 16.5. The van der Waals surface area contributed by atoms with Crippen molar-refractivity contribution in [2.45, 2.75) is 13.8 Å². The Labute approximate surface area is 139 Å². The third-order valence-corrected chi connectivity index (χ3v) is 3.67. The highest BCUT2D eigenvalue weighted by Gasteiger charge is 2.18. The number of furan rings is 1. The zero-order valence-electron chi connectivity index (χ0n) is 13.3. The predicted octanol–water partition coefficient (Wildman–Crippen LogP) is 3.63. The lowest BCUT2D eigenvalue weighted by Gasteiger charge is -2.07. The molecule has 0 saturated heterocycles. The molecule has 4 heterocycles. The van der Waals surface area contributed by atoms with E-state index in [2.05, 4.69) is 24.9 Å². The minimum Gasteiger partial charge on any atom is -0.465 e. The molecule has 4 aromatic rings. The van der Waals surface area contributed by atoms with Gasteiger partial charge in [0, 0.05) is 13.2 Å². The minimum absolute atomic E-state index is 0. The van der Waals surface area contributed by atoms with Crippen LogP contribution in [0, 0.1) is 6.92 Å². The fourth-order valence-electron chi connectivity index (χ4n) is 2.56. The van der Waals surface area contributed by atoms with Crippen molar-refractivity contribution in [1.29, 1.82) is 0 Å². The Morgan fingerprint density at radius 3 is 2.92 bits per heavy atom. The first kappa shape index (κ1) is 14.4. The Balaban J connectivity index is 0.00000182. The fraction of sp³-hybridized carbons (Fsp3) is 0.176. The number of hydrogen-bond acceptors (Lipinski definition) is 6. The molecule has 7 nitrogen and oxygen atoms in total. The Kier molecular flexibility index (Phi) is 3.45. The second-order valence-corrected chi connectivity index (χ2v) is 5.26. The van der Waals surface area contributed by atoms with E-state index in [9.17, 15) is 0 Å². The van der Waals surface area contributed by atoms with Crippen LogP contribution in [-0.2, 0) is 0 Å². The summed E-state index contributed by atoms with van der Waals surface area (Å²) in [6.07, 6.45) is 4.86. The molecule has 0 atom stereocenters. The summed E-state index contributed by atoms with van der Waals surface area (Å²) >= 11 is 0. The van der Waals surface area contributed by atoms with Gasteiger partial charge in [0.15, 0.2) is 11.4 Å². The Bertz CT molecular complexity index is 997. The molecule has 0 amide bonds. The number of hydrogen-bond donors (Lipinski definition) is 1. The molecule has 0 saturated carbocycles. The quantitative estimate of drug-likeness (QED) is 0.617. The summed E-state index contributed by atoms with van der Waals surface area (Å²) in [4.78, 5) is 20.5. The topological polar surface area (TPSA) is 89.7 Å². The normalized spacial score (nSPS) is 11.1. The monoisotopic (exact) mass is 323 g/mol. The van der Waals surface area contributed by atoms with Crippen LogP contribution in [0.25, 0.3) is 33.9 Å². The molecule has 4 rings (SSSR count). The molecule has 0 aliphatic heterocycles. The lowest BCUT2D eigenvalue weighted by atomic mass is 10.1. The molecule has 0 spiro atoms. The molecule has 0 aliphatic carbocycles. The van der Waals surface area contributed by atoms with Crippen molar-refractivity contribution >= 4 is 11.2 Å². The summed E-state index contributed by atoms with van der Waals surface area (Å²) in [5.74, 6) is 0.700. The standard InChI is InChI=1S/C17H15N5O2.H2/c1-3-23-17-20-13-8-11(12-4-6-18-9-19-12)14(21-16(13)22-17)15-10(2)5-7-24-15;/h4-9H,3H2,1-2H3,(H,20,21,22);1H. The van der Waals surface area contributed by atoms with Gasteiger partial charge in [-0.05, 0) is 37.6 Å². The van der Waals surface area contributed by atoms with Gasteiger partial charge in [0.25, 0.3) is 6.01 Å². The van der Waals surface area contributed by atoms with E-state index in [1.165, 1.54) is 6.33 Å². The van der Waals surface area contributed by atoms with Gasteiger partial charge in [0.05, 0.1) is 24.1 Å². The second-order valence-electron chi connectivity index (χ2n) is 5.26. The first-order valence-corrected chi connectivity index (χ1v) is 7.60. The molecule has 24 heavy (non-hydrogen) atoms. The van der Waals surface area contributed by atoms with Crippen LogP contribution in [0.5, 0.6) is 6.01 Å². The van der Waals surface area contributed by atoms with Gasteiger partial charge in [-0.15, -0.1) is 0 Å². The fourth-order valence-corrected chi connectivity index (χ4v) is 2.56. The van der Waals surface area contributed by atoms with Crippen LogP contribution < -0.4 is 4.74 Å². The molecule has 0 bridgehead atoms. The number of aromatic amines is 1. The highest BCUT2D eigenvalue weighted by Crippen LogP contribution is 2.34. The van der Waals surface area contributed by atoms with Gasteiger partial charge in [0.1, 0.15) is 12.0 Å². The predicted molar refractivity (Wildman–Crippen MR) is 90.6 cm³/mol. The summed E-state index contributed by atoms with van der Waals surface area (Å²) in [7, 11) is 0. The lowest BCUT2D eigenvalue weighted by Crippen LogP contribution is -1.93. The van der Waals surface area contributed by atoms with Crippen LogP contribution in [-0.4, -0.2) is 31.5 Å². The van der Waals surface area contributed by atoms with Gasteiger partial charge in [-0.1, -0.05) is 0 Å². The SMILES string of the molecule is CCOc1nc2nc(-c3occc3C)c(-c3ccncn3)cc2[nH]1.[HH]. The first-order valence-electron chi connectivity index (χ1n) is 7.60. The first-order chi connectivity index (χ1) is 11.8. The molecule has 122 valence electrons. The molecule has 7 heteroatoms. The van der Waals surface area contributed by atoms with Gasteiger partial charge in [0.2, 0.25) is 0 Å². The maximum Gasteiger partial charge on any atom is 0.296 e. The molecule has 1 N–H and O–H groups in total. The number of nitrogens with one attached hydrogen (secondary N) is 1. The van der Waals surface area contributed by atoms with Crippen LogP contribution >= 0.6 is 0 Å². The Morgan fingerprint density at radius 1 is 1.29 bits per heavy atom. The van der Waals surface area contributed by atoms with Crippen molar-refractivity contribution in [3.05, 3.63) is 42.5 Å². The van der Waals surface area contributed by atoms with Crippen molar-refractivity contribution < 1.29 is 10.6 Å². The van der Waals surface area contributed by atoms with Crippen LogP contribution in [0.2, 0.25) is 0 Å². The van der Waals surface area contributed by atoms with Gasteiger partial charge in [-0.25, -0.2) is 15.0 Å². The van der Waals surface area contributed by atoms with E-state index in [-0.39, 0.29) is 1.43 Å². The van der Waals surface area contributed by atoms with Gasteiger partial charge < -0.3 is 14.1 Å². The molecular weight excluding hydrogens is 306 g/mol. The summed E-state index contributed by atoms with van der Waals surface area (Å²) in [6.45, 7) is 4.41. The minimum atomic E-state index is 0. The third-order valence-electron chi connectivity index (χ3n) is 3.67. The zero-order valence-corrected chi connectivity index (χ0v) is 13.3. The number of nitrogens with zero attached hydrogens (tertiary/aromatic N) is 4. The number of H-pyrrole nitrogens is 1. The van der Waals surface area contributed by atoms with Crippen molar-refractivity contribution in [3.8, 4) is 28.7 Å². The number of aryl methyl sites for hydroxylation is 1. The molecular formula is C17H17N5O2. The highest BCUT2D eigenvalue weighted by atomic mass is 16.5. The summed E-state index contributed by atoms with van der Waals surface area (Å²) in [6, 6.07) is 6.14. The van der Waals surface area contributed by atoms with E-state index in [4.69, 9.17) is 9.15 Å². The van der Waals surface area contributed by atoms with E-state index in [1.807, 2.05) is 32.0 Å². The number of imidazole rings is 1. The number of ether oxygens (including phenoxy) is 1. The van der Waals surface area contributed by atoms with Crippen LogP contribution in [0.15, 0.2) is 41.4 Å². The van der Waals surface area contributed by atoms with E-state index < -0.39 is 0 Å². The highest BCUT2D eigenvalue weighted by molar-refractivity contribution is 5.87. The van der Waals surface area contributed by atoms with Crippen molar-refractivity contribution in [3.63, 3.8) is 0 Å². The van der Waals surface area contributed by atoms with Crippen molar-refractivity contribution in [2.75, 3.05) is 6.61 Å². The Morgan fingerprint density at radius 2 is 2.21 bits per heavy atom. The molecule has 0 radical (unpaired) electrons. The Hall–Kier alpha value is -3.22. The number of rotatable bonds is 4. The number of pyridine rings is 1. The largest absolute Gasteiger partial charge is 0.465 e. The van der Waals surface area contributed by atoms with Gasteiger partial charge in [-0.2, -0.15) is 4.98 Å². The summed E-state index contributed by atoms with van der Waals surface area (Å²) in [5, 5.41) is 0. The second kappa shape index (κ2) is 5.77. The average molecular weight is 323 g/mol. The maximum absolute atomic E-state index is 5.64. The van der Waals surface area contributed by atoms with Crippen molar-refractivity contribution in [1.82, 2.24) is 24.9 Å². The molecule has 4 aromatic heterocycles. The lowest BCUT2D eigenvalue weighted by molar-refractivity contribution is 0.317. The maximum atomic E-state index is 5.64. The van der Waals surface area contributed by atoms with Gasteiger partial charge in [-0.3, -0.25) is 0 Å².